The molecule has 1 aliphatic heterocycles. The van der Waals surface area contributed by atoms with Crippen molar-refractivity contribution in [1.29, 1.82) is 0 Å². The third-order valence-electron chi connectivity index (χ3n) is 5.71. The number of nitrogens with zero attached hydrogens (tertiary/aromatic N) is 2. The molecule has 4 nitrogen and oxygen atoms in total. The van der Waals surface area contributed by atoms with Crippen LogP contribution in [0.3, 0.4) is 0 Å². The summed E-state index contributed by atoms with van der Waals surface area (Å²) < 4.78 is 5.41. The van der Waals surface area contributed by atoms with E-state index >= 15 is 0 Å². The van der Waals surface area contributed by atoms with Crippen LogP contribution in [-0.4, -0.2) is 55.6 Å². The Morgan fingerprint density at radius 2 is 1.75 bits per heavy atom. The lowest BCUT2D eigenvalue weighted by atomic mass is 9.89. The first-order chi connectivity index (χ1) is 11.5. The number of carbonyl (C=O) groups excluding carboxylic acids is 1. The van der Waals surface area contributed by atoms with Gasteiger partial charge in [-0.05, 0) is 38.5 Å². The Kier molecular flexibility index (Phi) is 7.35. The molecule has 1 saturated carbocycles. The summed E-state index contributed by atoms with van der Waals surface area (Å²) in [7, 11) is 4.02. The third kappa shape index (κ3) is 4.85. The van der Waals surface area contributed by atoms with E-state index in [1.54, 1.807) is 6.08 Å². The molecule has 1 heterocycles. The minimum Gasteiger partial charge on any atom is -0.381 e. The molecule has 0 bridgehead atoms. The Balaban J connectivity index is 2.03. The lowest BCUT2D eigenvalue weighted by Gasteiger charge is -2.33. The summed E-state index contributed by atoms with van der Waals surface area (Å²) >= 11 is 0. The van der Waals surface area contributed by atoms with E-state index in [1.165, 1.54) is 32.1 Å². The van der Waals surface area contributed by atoms with Gasteiger partial charge in [-0.2, -0.15) is 0 Å². The van der Waals surface area contributed by atoms with Crippen LogP contribution >= 0.6 is 0 Å². The van der Waals surface area contributed by atoms with Crippen LogP contribution < -0.4 is 0 Å². The highest BCUT2D eigenvalue weighted by atomic mass is 16.5. The molecule has 4 heteroatoms. The van der Waals surface area contributed by atoms with Crippen molar-refractivity contribution in [2.45, 2.75) is 57.9 Å². The molecule has 24 heavy (non-hydrogen) atoms. The van der Waals surface area contributed by atoms with E-state index in [9.17, 15) is 4.79 Å². The highest BCUT2D eigenvalue weighted by molar-refractivity contribution is 5.96. The Morgan fingerprint density at radius 3 is 2.33 bits per heavy atom. The maximum atomic E-state index is 12.9. The minimum absolute atomic E-state index is 0.0879. The van der Waals surface area contributed by atoms with Crippen molar-refractivity contribution in [3.05, 3.63) is 23.9 Å². The first kappa shape index (κ1) is 19.0. The molecule has 2 fully saturated rings. The zero-order chi connectivity index (χ0) is 17.5. The van der Waals surface area contributed by atoms with Gasteiger partial charge in [-0.25, -0.2) is 0 Å². The summed E-state index contributed by atoms with van der Waals surface area (Å²) in [5.74, 6) is 0.845. The molecule has 0 N–H and O–H groups in total. The van der Waals surface area contributed by atoms with Gasteiger partial charge in [0.1, 0.15) is 0 Å². The maximum Gasteiger partial charge on any atom is 0.255 e. The van der Waals surface area contributed by atoms with Crippen molar-refractivity contribution in [3.8, 4) is 0 Å². The number of rotatable bonds is 6. The van der Waals surface area contributed by atoms with Gasteiger partial charge in [0.2, 0.25) is 0 Å². The molecule has 0 unspecified atom stereocenters. The van der Waals surface area contributed by atoms with Crippen molar-refractivity contribution >= 4 is 5.91 Å². The number of allylic oxidation sites excluding steroid dienone is 1. The van der Waals surface area contributed by atoms with Gasteiger partial charge in [0, 0.05) is 45.6 Å². The maximum absolute atomic E-state index is 12.9. The molecule has 0 aromatic heterocycles. The summed E-state index contributed by atoms with van der Waals surface area (Å²) in [5.41, 5.74) is 1.78. The molecule has 1 saturated heterocycles. The molecule has 136 valence electrons. The SMILES string of the molecule is C=CC(C(=O)N(C)C1CCOCC1)=C(C)N(C)CC1CCCCC1. The normalized spacial score (nSPS) is 21.1. The molecule has 1 aliphatic carbocycles. The summed E-state index contributed by atoms with van der Waals surface area (Å²) in [6.45, 7) is 8.49. The van der Waals surface area contributed by atoms with Crippen molar-refractivity contribution < 1.29 is 9.53 Å². The highest BCUT2D eigenvalue weighted by Gasteiger charge is 2.25. The molecule has 0 spiro atoms. The predicted molar refractivity (Wildman–Crippen MR) is 98.7 cm³/mol. The average molecular weight is 335 g/mol. The number of hydrogen-bond donors (Lipinski definition) is 0. The Bertz CT molecular complexity index is 460. The average Bonchev–Trinajstić information content (AvgIpc) is 2.63. The second-order valence-corrected chi connectivity index (χ2v) is 7.35. The lowest BCUT2D eigenvalue weighted by Crippen LogP contribution is -2.41. The lowest BCUT2D eigenvalue weighted by molar-refractivity contribution is -0.129. The van der Waals surface area contributed by atoms with Crippen molar-refractivity contribution in [3.63, 3.8) is 0 Å². The van der Waals surface area contributed by atoms with Gasteiger partial charge in [0.25, 0.3) is 5.91 Å². The summed E-state index contributed by atoms with van der Waals surface area (Å²) in [6, 6.07) is 0.276. The topological polar surface area (TPSA) is 32.8 Å². The summed E-state index contributed by atoms with van der Waals surface area (Å²) in [5, 5.41) is 0. The molecule has 2 aliphatic rings. The molecule has 0 radical (unpaired) electrons. The van der Waals surface area contributed by atoms with Crippen LogP contribution in [-0.2, 0) is 9.53 Å². The monoisotopic (exact) mass is 334 g/mol. The highest BCUT2D eigenvalue weighted by Crippen LogP contribution is 2.26. The summed E-state index contributed by atoms with van der Waals surface area (Å²) in [4.78, 5) is 17.1. The van der Waals surface area contributed by atoms with Gasteiger partial charge < -0.3 is 14.5 Å². The zero-order valence-electron chi connectivity index (χ0n) is 15.7. The van der Waals surface area contributed by atoms with E-state index in [1.807, 2.05) is 11.9 Å². The van der Waals surface area contributed by atoms with Gasteiger partial charge in [-0.1, -0.05) is 31.9 Å². The number of amides is 1. The zero-order valence-corrected chi connectivity index (χ0v) is 15.7. The summed E-state index contributed by atoms with van der Waals surface area (Å²) in [6.07, 6.45) is 10.3. The van der Waals surface area contributed by atoms with Crippen LogP contribution in [0, 0.1) is 5.92 Å². The van der Waals surface area contributed by atoms with Crippen LogP contribution in [0.5, 0.6) is 0 Å². The Labute approximate surface area is 147 Å². The first-order valence-electron chi connectivity index (χ1n) is 9.44. The van der Waals surface area contributed by atoms with Gasteiger partial charge in [-0.15, -0.1) is 0 Å². The molecule has 1 amide bonds. The van der Waals surface area contributed by atoms with Crippen LogP contribution in [0.2, 0.25) is 0 Å². The van der Waals surface area contributed by atoms with Crippen molar-refractivity contribution in [2.24, 2.45) is 5.92 Å². The number of likely N-dealkylation sites (N-methyl/N-ethyl adjacent to an activating group) is 1. The van der Waals surface area contributed by atoms with Crippen molar-refractivity contribution in [1.82, 2.24) is 9.80 Å². The fourth-order valence-electron chi connectivity index (χ4n) is 3.92. The second kappa shape index (κ2) is 9.26. The fourth-order valence-corrected chi connectivity index (χ4v) is 3.92. The Hall–Kier alpha value is -1.29. The predicted octanol–water partition coefficient (Wildman–Crippen LogP) is 3.60. The molecule has 0 aromatic carbocycles. The van der Waals surface area contributed by atoms with E-state index in [0.29, 0.717) is 0 Å². The van der Waals surface area contributed by atoms with Gasteiger partial charge in [-0.3, -0.25) is 4.79 Å². The standard InChI is InChI=1S/C20H34N2O2/c1-5-19(20(23)22(4)18-11-13-24-14-12-18)16(2)21(3)15-17-9-7-6-8-10-17/h5,17-18H,1,6-15H2,2-4H3. The molecule has 2 rings (SSSR count). The fraction of sp³-hybridized carbons (Fsp3) is 0.750. The van der Waals surface area contributed by atoms with E-state index in [4.69, 9.17) is 4.74 Å². The second-order valence-electron chi connectivity index (χ2n) is 7.35. The van der Waals surface area contributed by atoms with Crippen molar-refractivity contribution in [2.75, 3.05) is 33.9 Å². The van der Waals surface area contributed by atoms with Gasteiger partial charge >= 0.3 is 0 Å². The number of carbonyl (C=O) groups is 1. The molecule has 0 atom stereocenters. The minimum atomic E-state index is 0.0879. The van der Waals surface area contributed by atoms with E-state index < -0.39 is 0 Å². The van der Waals surface area contributed by atoms with E-state index in [0.717, 1.165) is 49.8 Å². The number of ether oxygens (including phenoxy) is 1. The number of hydrogen-bond acceptors (Lipinski definition) is 3. The smallest absolute Gasteiger partial charge is 0.255 e. The van der Waals surface area contributed by atoms with Gasteiger partial charge in [0.05, 0.1) is 5.57 Å². The van der Waals surface area contributed by atoms with Gasteiger partial charge in [0.15, 0.2) is 0 Å². The van der Waals surface area contributed by atoms with E-state index in [2.05, 4.69) is 25.5 Å². The van der Waals surface area contributed by atoms with E-state index in [-0.39, 0.29) is 11.9 Å². The first-order valence-corrected chi connectivity index (χ1v) is 9.44. The Morgan fingerprint density at radius 1 is 1.12 bits per heavy atom. The molecular formula is C20H34N2O2. The van der Waals surface area contributed by atoms with Crippen LogP contribution in [0.25, 0.3) is 0 Å². The largest absolute Gasteiger partial charge is 0.381 e. The quantitative estimate of drug-likeness (QED) is 0.550. The van der Waals surface area contributed by atoms with Crippen LogP contribution in [0.15, 0.2) is 23.9 Å². The molecule has 0 aromatic rings. The van der Waals surface area contributed by atoms with Crippen LogP contribution in [0.1, 0.15) is 51.9 Å². The van der Waals surface area contributed by atoms with Crippen LogP contribution in [0.4, 0.5) is 0 Å². The molecular weight excluding hydrogens is 300 g/mol. The third-order valence-corrected chi connectivity index (χ3v) is 5.71.